The molecule has 1 atom stereocenters. The Balaban J connectivity index is 1.89. The molecule has 1 unspecified atom stereocenters. The molecule has 1 fully saturated rings. The van der Waals surface area contributed by atoms with Gasteiger partial charge in [0.05, 0.1) is 28.6 Å². The molecule has 4 N–H and O–H groups in total. The first-order chi connectivity index (χ1) is 9.76. The van der Waals surface area contributed by atoms with E-state index in [1.165, 1.54) is 0 Å². The second-order valence-corrected chi connectivity index (χ2v) is 7.98. The van der Waals surface area contributed by atoms with Crippen LogP contribution in [-0.2, 0) is 14.6 Å². The Morgan fingerprint density at radius 3 is 2.86 bits per heavy atom. The molecule has 0 aromatic heterocycles. The minimum Gasteiger partial charge on any atom is -0.482 e. The zero-order valence-corrected chi connectivity index (χ0v) is 12.4. The summed E-state index contributed by atoms with van der Waals surface area (Å²) in [5.74, 6) is 0.523. The molecule has 2 aliphatic heterocycles. The molecule has 0 spiro atoms. The lowest BCUT2D eigenvalue weighted by Gasteiger charge is -2.28. The number of rotatable bonds is 2. The average Bonchev–Trinajstić information content (AvgIpc) is 2.65. The highest BCUT2D eigenvalue weighted by Gasteiger charge is 2.38. The van der Waals surface area contributed by atoms with Crippen molar-refractivity contribution < 1.29 is 17.9 Å². The molecule has 2 aliphatic rings. The molecule has 0 aliphatic carbocycles. The van der Waals surface area contributed by atoms with Crippen LogP contribution in [0.3, 0.4) is 0 Å². The maximum Gasteiger partial charge on any atom is 0.262 e. The maximum absolute atomic E-state index is 11.6. The number of carbonyl (C=O) groups excluding carboxylic acids is 1. The fourth-order valence-electron chi connectivity index (χ4n) is 2.68. The highest BCUT2D eigenvalue weighted by molar-refractivity contribution is 7.91. The summed E-state index contributed by atoms with van der Waals surface area (Å²) in [6, 6.07) is 3.31. The largest absolute Gasteiger partial charge is 0.482 e. The van der Waals surface area contributed by atoms with Crippen LogP contribution in [0.5, 0.6) is 5.75 Å². The van der Waals surface area contributed by atoms with Gasteiger partial charge in [-0.15, -0.1) is 0 Å². The second-order valence-electron chi connectivity index (χ2n) is 5.80. The van der Waals surface area contributed by atoms with Crippen LogP contribution in [0.4, 0.5) is 17.1 Å². The van der Waals surface area contributed by atoms with Crippen molar-refractivity contribution in [2.24, 2.45) is 0 Å². The Bertz CT molecular complexity index is 716. The number of nitrogens with two attached hydrogens (primary N) is 1. The summed E-state index contributed by atoms with van der Waals surface area (Å²) in [7, 11) is -3.01. The maximum atomic E-state index is 11.6. The van der Waals surface area contributed by atoms with Crippen LogP contribution < -0.4 is 21.1 Å². The number of sulfone groups is 1. The fraction of sp³-hybridized carbons (Fsp3) is 0.462. The van der Waals surface area contributed by atoms with E-state index in [0.717, 1.165) is 0 Å². The molecule has 7 nitrogen and oxygen atoms in total. The van der Waals surface area contributed by atoms with Gasteiger partial charge in [0.2, 0.25) is 0 Å². The Morgan fingerprint density at radius 1 is 1.43 bits per heavy atom. The molecule has 1 saturated heterocycles. The minimum atomic E-state index is -3.01. The SMILES string of the molecule is CC1(Nc2cc3c(cc2N)OCC(=O)N3)CCS(=O)(=O)C1. The average molecular weight is 311 g/mol. The molecule has 1 aromatic rings. The molecule has 1 aromatic carbocycles. The van der Waals surface area contributed by atoms with Gasteiger partial charge in [-0.25, -0.2) is 8.42 Å². The van der Waals surface area contributed by atoms with Crippen molar-refractivity contribution in [2.45, 2.75) is 18.9 Å². The van der Waals surface area contributed by atoms with E-state index in [1.807, 2.05) is 6.92 Å². The van der Waals surface area contributed by atoms with Gasteiger partial charge in [-0.2, -0.15) is 0 Å². The molecular weight excluding hydrogens is 294 g/mol. The number of ether oxygens (including phenoxy) is 1. The van der Waals surface area contributed by atoms with Crippen LogP contribution in [0.2, 0.25) is 0 Å². The van der Waals surface area contributed by atoms with E-state index in [0.29, 0.717) is 29.2 Å². The summed E-state index contributed by atoms with van der Waals surface area (Å²) in [5, 5.41) is 5.90. The van der Waals surface area contributed by atoms with Gasteiger partial charge in [0.25, 0.3) is 5.91 Å². The van der Waals surface area contributed by atoms with E-state index < -0.39 is 15.4 Å². The summed E-state index contributed by atoms with van der Waals surface area (Å²) < 4.78 is 28.6. The fourth-order valence-corrected chi connectivity index (χ4v) is 4.78. The number of benzene rings is 1. The van der Waals surface area contributed by atoms with E-state index >= 15 is 0 Å². The molecular formula is C13H17N3O4S. The first-order valence-electron chi connectivity index (χ1n) is 6.61. The summed E-state index contributed by atoms with van der Waals surface area (Å²) in [6.45, 7) is 1.82. The Kier molecular flexibility index (Phi) is 3.01. The number of carbonyl (C=O) groups is 1. The van der Waals surface area contributed by atoms with Crippen LogP contribution >= 0.6 is 0 Å². The van der Waals surface area contributed by atoms with Crippen LogP contribution in [0, 0.1) is 0 Å². The van der Waals surface area contributed by atoms with Gasteiger partial charge in [-0.1, -0.05) is 0 Å². The van der Waals surface area contributed by atoms with Crippen molar-refractivity contribution in [1.82, 2.24) is 0 Å². The molecule has 8 heteroatoms. The van der Waals surface area contributed by atoms with Crippen molar-refractivity contribution in [3.8, 4) is 5.75 Å². The number of hydrogen-bond acceptors (Lipinski definition) is 6. The number of anilines is 3. The van der Waals surface area contributed by atoms with Crippen LogP contribution in [0.25, 0.3) is 0 Å². The van der Waals surface area contributed by atoms with Gasteiger partial charge in [0, 0.05) is 11.6 Å². The number of nitrogen functional groups attached to an aromatic ring is 1. The molecule has 0 bridgehead atoms. The lowest BCUT2D eigenvalue weighted by atomic mass is 10.0. The standard InChI is InChI=1S/C13H17N3O4S/c1-13(2-3-21(18,19)7-13)16-9-5-10-11(4-8(9)14)20-6-12(17)15-10/h4-5,16H,2-3,6-7,14H2,1H3,(H,15,17). The van der Waals surface area contributed by atoms with Crippen molar-refractivity contribution in [1.29, 1.82) is 0 Å². The number of fused-ring (bicyclic) bond motifs is 1. The molecule has 1 amide bonds. The number of nitrogens with one attached hydrogen (secondary N) is 2. The Labute approximate surface area is 122 Å². The third-order valence-corrected chi connectivity index (χ3v) is 5.63. The van der Waals surface area contributed by atoms with Gasteiger partial charge in [-0.05, 0) is 19.4 Å². The second kappa shape index (κ2) is 4.52. The van der Waals surface area contributed by atoms with Crippen LogP contribution in [-0.4, -0.2) is 38.0 Å². The zero-order chi connectivity index (χ0) is 15.3. The third kappa shape index (κ3) is 2.76. The molecule has 2 heterocycles. The summed E-state index contributed by atoms with van der Waals surface area (Å²) in [5.41, 5.74) is 7.01. The summed E-state index contributed by atoms with van der Waals surface area (Å²) in [4.78, 5) is 11.3. The predicted octanol–water partition coefficient (Wildman–Crippen LogP) is 0.589. The lowest BCUT2D eigenvalue weighted by Crippen LogP contribution is -2.36. The van der Waals surface area contributed by atoms with Crippen LogP contribution in [0.15, 0.2) is 12.1 Å². The number of amides is 1. The van der Waals surface area contributed by atoms with Crippen LogP contribution in [0.1, 0.15) is 13.3 Å². The monoisotopic (exact) mass is 311 g/mol. The first kappa shape index (κ1) is 14.0. The van der Waals surface area contributed by atoms with Gasteiger partial charge in [0.15, 0.2) is 16.4 Å². The molecule has 3 rings (SSSR count). The highest BCUT2D eigenvalue weighted by atomic mass is 32.2. The third-order valence-electron chi connectivity index (χ3n) is 3.72. The topological polar surface area (TPSA) is 111 Å². The summed E-state index contributed by atoms with van der Waals surface area (Å²) in [6.07, 6.45) is 0.523. The molecule has 114 valence electrons. The van der Waals surface area contributed by atoms with Crippen molar-refractivity contribution >= 4 is 32.8 Å². The normalized spacial score (nSPS) is 26.6. The quantitative estimate of drug-likeness (QED) is 0.689. The Hall–Kier alpha value is -1.96. The van der Waals surface area contributed by atoms with E-state index in [9.17, 15) is 13.2 Å². The van der Waals surface area contributed by atoms with Crippen molar-refractivity contribution in [2.75, 3.05) is 34.5 Å². The van der Waals surface area contributed by atoms with Crippen molar-refractivity contribution in [3.05, 3.63) is 12.1 Å². The van der Waals surface area contributed by atoms with Crippen molar-refractivity contribution in [3.63, 3.8) is 0 Å². The Morgan fingerprint density at radius 2 is 2.19 bits per heavy atom. The lowest BCUT2D eigenvalue weighted by molar-refractivity contribution is -0.118. The van der Waals surface area contributed by atoms with Gasteiger partial charge >= 0.3 is 0 Å². The molecule has 21 heavy (non-hydrogen) atoms. The number of hydrogen-bond donors (Lipinski definition) is 3. The van der Waals surface area contributed by atoms with E-state index in [2.05, 4.69) is 10.6 Å². The smallest absolute Gasteiger partial charge is 0.262 e. The van der Waals surface area contributed by atoms with Gasteiger partial charge in [0.1, 0.15) is 5.75 Å². The van der Waals surface area contributed by atoms with Gasteiger partial charge in [-0.3, -0.25) is 4.79 Å². The first-order valence-corrected chi connectivity index (χ1v) is 8.43. The predicted molar refractivity (Wildman–Crippen MR) is 80.3 cm³/mol. The molecule has 0 saturated carbocycles. The van der Waals surface area contributed by atoms with E-state index in [4.69, 9.17) is 10.5 Å². The highest BCUT2D eigenvalue weighted by Crippen LogP contribution is 2.37. The zero-order valence-electron chi connectivity index (χ0n) is 11.6. The minimum absolute atomic E-state index is 0.0326. The van der Waals surface area contributed by atoms with E-state index in [1.54, 1.807) is 12.1 Å². The molecule has 0 radical (unpaired) electrons. The summed E-state index contributed by atoms with van der Waals surface area (Å²) >= 11 is 0. The van der Waals surface area contributed by atoms with Gasteiger partial charge < -0.3 is 21.1 Å². The van der Waals surface area contributed by atoms with E-state index in [-0.39, 0.29) is 24.0 Å².